The first kappa shape index (κ1) is 17.9. The first-order chi connectivity index (χ1) is 13.6. The Hall–Kier alpha value is -3.45. The smallest absolute Gasteiger partial charge is 0.267 e. The molecule has 4 rings (SSSR count). The number of fused-ring (bicyclic) bond motifs is 1. The molecule has 0 aliphatic rings. The van der Waals surface area contributed by atoms with E-state index in [1.54, 1.807) is 19.2 Å². The Bertz CT molecular complexity index is 1170. The maximum Gasteiger partial charge on any atom is 0.267 e. The highest BCUT2D eigenvalue weighted by atomic mass is 32.1. The molecule has 0 radical (unpaired) electrons. The molecule has 0 bridgehead atoms. The molecule has 7 heteroatoms. The van der Waals surface area contributed by atoms with E-state index in [2.05, 4.69) is 15.3 Å². The highest BCUT2D eigenvalue weighted by molar-refractivity contribution is 7.21. The molecule has 1 amide bonds. The van der Waals surface area contributed by atoms with Crippen molar-refractivity contribution in [1.29, 1.82) is 0 Å². The summed E-state index contributed by atoms with van der Waals surface area (Å²) in [6, 6.07) is 16.9. The van der Waals surface area contributed by atoms with Gasteiger partial charge >= 0.3 is 0 Å². The lowest BCUT2D eigenvalue weighted by atomic mass is 10.2. The van der Waals surface area contributed by atoms with E-state index in [0.29, 0.717) is 32.7 Å². The third-order valence-electron chi connectivity index (χ3n) is 4.34. The molecule has 0 spiro atoms. The summed E-state index contributed by atoms with van der Waals surface area (Å²) in [4.78, 5) is 23.1. The maximum absolute atomic E-state index is 12.8. The zero-order valence-corrected chi connectivity index (χ0v) is 16.2. The van der Waals surface area contributed by atoms with Crippen LogP contribution < -0.4 is 15.8 Å². The van der Waals surface area contributed by atoms with Gasteiger partial charge in [-0.05, 0) is 19.1 Å². The van der Waals surface area contributed by atoms with Crippen molar-refractivity contribution >= 4 is 38.8 Å². The Morgan fingerprint density at radius 2 is 1.89 bits per heavy atom. The van der Waals surface area contributed by atoms with E-state index in [0.717, 1.165) is 16.6 Å². The lowest BCUT2D eigenvalue weighted by molar-refractivity contribution is 0.103. The van der Waals surface area contributed by atoms with Crippen molar-refractivity contribution in [1.82, 2.24) is 9.97 Å². The van der Waals surface area contributed by atoms with Crippen LogP contribution in [0.4, 0.5) is 11.4 Å². The molecule has 0 aliphatic carbocycles. The van der Waals surface area contributed by atoms with Gasteiger partial charge in [-0.2, -0.15) is 0 Å². The van der Waals surface area contributed by atoms with Gasteiger partial charge in [0, 0.05) is 17.3 Å². The Labute approximate surface area is 166 Å². The van der Waals surface area contributed by atoms with Crippen molar-refractivity contribution < 1.29 is 9.53 Å². The molecule has 0 saturated carbocycles. The standard InChI is InChI=1S/C21H18N4O2S/c1-12-16-17(22)18(20(26)24-14-9-6-10-15(11-14)27-2)28-21(16)25-19(23-12)13-7-4-3-5-8-13/h3-11H,22H2,1-2H3,(H,24,26). The molecular weight excluding hydrogens is 372 g/mol. The number of hydrogen-bond acceptors (Lipinski definition) is 6. The number of rotatable bonds is 4. The van der Waals surface area contributed by atoms with Crippen molar-refractivity contribution in [2.24, 2.45) is 0 Å². The zero-order valence-electron chi connectivity index (χ0n) is 15.4. The number of nitrogens with zero attached hydrogens (tertiary/aromatic N) is 2. The topological polar surface area (TPSA) is 90.1 Å². The zero-order chi connectivity index (χ0) is 19.7. The Balaban J connectivity index is 1.72. The third-order valence-corrected chi connectivity index (χ3v) is 5.43. The van der Waals surface area contributed by atoms with Gasteiger partial charge in [0.15, 0.2) is 5.82 Å². The van der Waals surface area contributed by atoms with E-state index in [9.17, 15) is 4.79 Å². The normalized spacial score (nSPS) is 10.8. The maximum atomic E-state index is 12.8. The monoisotopic (exact) mass is 390 g/mol. The largest absolute Gasteiger partial charge is 0.497 e. The van der Waals surface area contributed by atoms with Crippen molar-refractivity contribution in [2.45, 2.75) is 6.92 Å². The number of ether oxygens (including phenoxy) is 1. The van der Waals surface area contributed by atoms with E-state index in [-0.39, 0.29) is 5.91 Å². The predicted molar refractivity (Wildman–Crippen MR) is 113 cm³/mol. The average molecular weight is 390 g/mol. The molecule has 3 N–H and O–H groups in total. The summed E-state index contributed by atoms with van der Waals surface area (Å²) in [5.41, 5.74) is 8.98. The second-order valence-electron chi connectivity index (χ2n) is 6.21. The average Bonchev–Trinajstić information content (AvgIpc) is 3.06. The van der Waals surface area contributed by atoms with E-state index in [1.807, 2.05) is 49.4 Å². The number of amides is 1. The van der Waals surface area contributed by atoms with Gasteiger partial charge in [0.1, 0.15) is 15.5 Å². The number of nitrogens with one attached hydrogen (secondary N) is 1. The minimum Gasteiger partial charge on any atom is -0.497 e. The summed E-state index contributed by atoms with van der Waals surface area (Å²) in [7, 11) is 1.58. The summed E-state index contributed by atoms with van der Waals surface area (Å²) in [5.74, 6) is 0.998. The number of benzene rings is 2. The first-order valence-corrected chi connectivity index (χ1v) is 9.46. The van der Waals surface area contributed by atoms with Crippen molar-refractivity contribution in [3.8, 4) is 17.1 Å². The molecule has 2 aromatic carbocycles. The summed E-state index contributed by atoms with van der Waals surface area (Å²) in [6.07, 6.45) is 0. The van der Waals surface area contributed by atoms with E-state index in [1.165, 1.54) is 11.3 Å². The summed E-state index contributed by atoms with van der Waals surface area (Å²) >= 11 is 1.26. The summed E-state index contributed by atoms with van der Waals surface area (Å²) < 4.78 is 5.19. The number of carbonyl (C=O) groups excluding carboxylic acids is 1. The molecule has 2 aromatic heterocycles. The van der Waals surface area contributed by atoms with Gasteiger partial charge < -0.3 is 15.8 Å². The van der Waals surface area contributed by atoms with Crippen LogP contribution in [-0.4, -0.2) is 23.0 Å². The number of hydrogen-bond donors (Lipinski definition) is 2. The molecule has 6 nitrogen and oxygen atoms in total. The fraction of sp³-hybridized carbons (Fsp3) is 0.0952. The fourth-order valence-corrected chi connectivity index (χ4v) is 4.01. The lowest BCUT2D eigenvalue weighted by Crippen LogP contribution is -2.12. The van der Waals surface area contributed by atoms with Crippen LogP contribution in [0.25, 0.3) is 21.6 Å². The van der Waals surface area contributed by atoms with Crippen molar-refractivity contribution in [2.75, 3.05) is 18.2 Å². The van der Waals surface area contributed by atoms with Crippen LogP contribution in [0.15, 0.2) is 54.6 Å². The number of nitrogens with two attached hydrogens (primary N) is 1. The SMILES string of the molecule is COc1cccc(NC(=O)c2sc3nc(-c4ccccc4)nc(C)c3c2N)c1. The second-order valence-corrected chi connectivity index (χ2v) is 7.21. The van der Waals surface area contributed by atoms with Gasteiger partial charge in [-0.3, -0.25) is 4.79 Å². The minimum absolute atomic E-state index is 0.283. The number of anilines is 2. The van der Waals surface area contributed by atoms with Crippen LogP contribution in [0.2, 0.25) is 0 Å². The summed E-state index contributed by atoms with van der Waals surface area (Å²) in [6.45, 7) is 1.88. The predicted octanol–water partition coefficient (Wildman–Crippen LogP) is 4.51. The molecule has 0 atom stereocenters. The van der Waals surface area contributed by atoms with Crippen LogP contribution in [0.5, 0.6) is 5.75 Å². The van der Waals surface area contributed by atoms with Gasteiger partial charge in [0.2, 0.25) is 0 Å². The van der Waals surface area contributed by atoms with Gasteiger partial charge in [-0.1, -0.05) is 36.4 Å². The number of thiophene rings is 1. The Morgan fingerprint density at radius 1 is 1.11 bits per heavy atom. The van der Waals surface area contributed by atoms with Gasteiger partial charge in [0.05, 0.1) is 23.9 Å². The van der Waals surface area contributed by atoms with Gasteiger partial charge in [0.25, 0.3) is 5.91 Å². The van der Waals surface area contributed by atoms with Gasteiger partial charge in [-0.25, -0.2) is 9.97 Å². The number of nitrogen functional groups attached to an aromatic ring is 1. The highest BCUT2D eigenvalue weighted by Crippen LogP contribution is 2.36. The second kappa shape index (κ2) is 7.28. The number of carbonyl (C=O) groups is 1. The molecular formula is C21H18N4O2S. The number of aryl methyl sites for hydroxylation is 1. The van der Waals surface area contributed by atoms with Crippen LogP contribution in [0, 0.1) is 6.92 Å². The third kappa shape index (κ3) is 3.27. The fourth-order valence-electron chi connectivity index (χ4n) is 2.97. The Morgan fingerprint density at radius 3 is 2.64 bits per heavy atom. The summed E-state index contributed by atoms with van der Waals surface area (Å²) in [5, 5.41) is 3.59. The van der Waals surface area contributed by atoms with Crippen LogP contribution in [-0.2, 0) is 0 Å². The minimum atomic E-state index is -0.283. The molecule has 0 saturated heterocycles. The van der Waals surface area contributed by atoms with Crippen molar-refractivity contribution in [3.05, 3.63) is 65.2 Å². The van der Waals surface area contributed by atoms with Crippen LogP contribution in [0.1, 0.15) is 15.4 Å². The molecule has 0 fully saturated rings. The lowest BCUT2D eigenvalue weighted by Gasteiger charge is -2.06. The quantitative estimate of drug-likeness (QED) is 0.535. The molecule has 0 unspecified atom stereocenters. The highest BCUT2D eigenvalue weighted by Gasteiger charge is 2.20. The van der Waals surface area contributed by atoms with E-state index < -0.39 is 0 Å². The molecule has 2 heterocycles. The molecule has 28 heavy (non-hydrogen) atoms. The van der Waals surface area contributed by atoms with Crippen LogP contribution in [0.3, 0.4) is 0 Å². The number of aromatic nitrogens is 2. The molecule has 0 aliphatic heterocycles. The van der Waals surface area contributed by atoms with Crippen LogP contribution >= 0.6 is 11.3 Å². The van der Waals surface area contributed by atoms with Gasteiger partial charge in [-0.15, -0.1) is 11.3 Å². The first-order valence-electron chi connectivity index (χ1n) is 8.64. The molecule has 4 aromatic rings. The van der Waals surface area contributed by atoms with E-state index in [4.69, 9.17) is 10.5 Å². The van der Waals surface area contributed by atoms with E-state index >= 15 is 0 Å². The number of methoxy groups -OCH3 is 1. The molecule has 140 valence electrons. The van der Waals surface area contributed by atoms with Crippen molar-refractivity contribution in [3.63, 3.8) is 0 Å². The Kier molecular flexibility index (Phi) is 4.67.